The summed E-state index contributed by atoms with van der Waals surface area (Å²) in [5, 5.41) is 5.81. The van der Waals surface area contributed by atoms with Crippen LogP contribution in [0, 0.1) is 5.82 Å². The average Bonchev–Trinajstić information content (AvgIpc) is 3.51. The monoisotopic (exact) mass is 595 g/mol. The zero-order valence-corrected chi connectivity index (χ0v) is 25.0. The Morgan fingerprint density at radius 3 is 2.28 bits per heavy atom. The average molecular weight is 596 g/mol. The van der Waals surface area contributed by atoms with E-state index >= 15 is 0 Å². The summed E-state index contributed by atoms with van der Waals surface area (Å²) < 4.78 is 24.6. The normalized spacial score (nSPS) is 11.7. The second-order valence-corrected chi connectivity index (χ2v) is 11.1. The minimum absolute atomic E-state index is 0.196. The molecule has 0 aliphatic rings. The zero-order valence-electron chi connectivity index (χ0n) is 24.2. The first kappa shape index (κ1) is 29.9. The van der Waals surface area contributed by atoms with Gasteiger partial charge in [-0.1, -0.05) is 78.9 Å². The van der Waals surface area contributed by atoms with Gasteiger partial charge in [0.1, 0.15) is 28.0 Å². The summed E-state index contributed by atoms with van der Waals surface area (Å²) in [7, 11) is 3.25. The van der Waals surface area contributed by atoms with E-state index < -0.39 is 0 Å². The van der Waals surface area contributed by atoms with Crippen molar-refractivity contribution in [2.75, 3.05) is 14.2 Å². The van der Waals surface area contributed by atoms with Crippen molar-refractivity contribution in [3.63, 3.8) is 0 Å². The standard InChI is InChI=1S/C35H34FN3O3S/c1-41-30-18-15-28(33(20-30)42-2)22-39(21-26-13-16-29(36)17-14-26)23-34-37-32(24-43-34)35(40)38-31(27-11-7-4-8-12-27)19-25-9-5-3-6-10-25/h3-18,20,24,31H,19,21-23H2,1-2H3,(H,38,40). The van der Waals surface area contributed by atoms with Crippen molar-refractivity contribution >= 4 is 17.2 Å². The predicted molar refractivity (Wildman–Crippen MR) is 168 cm³/mol. The van der Waals surface area contributed by atoms with Gasteiger partial charge in [-0.3, -0.25) is 9.69 Å². The van der Waals surface area contributed by atoms with Crippen LogP contribution < -0.4 is 14.8 Å². The van der Waals surface area contributed by atoms with E-state index in [1.54, 1.807) is 31.7 Å². The van der Waals surface area contributed by atoms with Gasteiger partial charge in [0.15, 0.2) is 0 Å². The molecule has 4 aromatic carbocycles. The van der Waals surface area contributed by atoms with Gasteiger partial charge in [0.2, 0.25) is 0 Å². The van der Waals surface area contributed by atoms with Gasteiger partial charge in [-0.05, 0) is 41.3 Å². The molecule has 1 aromatic heterocycles. The van der Waals surface area contributed by atoms with Gasteiger partial charge in [0.25, 0.3) is 5.91 Å². The molecule has 6 nitrogen and oxygen atoms in total. The minimum atomic E-state index is -0.274. The maximum Gasteiger partial charge on any atom is 0.271 e. The number of amides is 1. The number of carbonyl (C=O) groups is 1. The number of nitrogens with zero attached hydrogens (tertiary/aromatic N) is 2. The molecular formula is C35H34FN3O3S. The number of methoxy groups -OCH3 is 2. The quantitative estimate of drug-likeness (QED) is 0.156. The van der Waals surface area contributed by atoms with Gasteiger partial charge in [0.05, 0.1) is 26.8 Å². The molecule has 0 aliphatic carbocycles. The number of benzene rings is 4. The van der Waals surface area contributed by atoms with Gasteiger partial charge in [-0.15, -0.1) is 11.3 Å². The fourth-order valence-corrected chi connectivity index (χ4v) is 5.75. The third-order valence-electron chi connectivity index (χ3n) is 7.14. The Labute approximate surface area is 255 Å². The third-order valence-corrected chi connectivity index (χ3v) is 7.97. The molecule has 0 saturated heterocycles. The molecule has 8 heteroatoms. The molecule has 5 rings (SSSR count). The Morgan fingerprint density at radius 1 is 0.860 bits per heavy atom. The summed E-state index contributed by atoms with van der Waals surface area (Å²) >= 11 is 1.45. The van der Waals surface area contributed by atoms with E-state index in [1.165, 1.54) is 23.5 Å². The van der Waals surface area contributed by atoms with Crippen molar-refractivity contribution < 1.29 is 18.7 Å². The van der Waals surface area contributed by atoms with Crippen molar-refractivity contribution in [2.45, 2.75) is 32.1 Å². The number of ether oxygens (including phenoxy) is 2. The highest BCUT2D eigenvalue weighted by Gasteiger charge is 2.20. The number of aromatic nitrogens is 1. The van der Waals surface area contributed by atoms with E-state index in [2.05, 4.69) is 22.3 Å². The number of halogens is 1. The van der Waals surface area contributed by atoms with E-state index in [9.17, 15) is 9.18 Å². The third kappa shape index (κ3) is 8.28. The van der Waals surface area contributed by atoms with Crippen molar-refractivity contribution in [1.29, 1.82) is 0 Å². The molecule has 0 radical (unpaired) electrons. The summed E-state index contributed by atoms with van der Waals surface area (Å²) in [6.07, 6.45) is 0.669. The first-order valence-electron chi connectivity index (χ1n) is 14.0. The summed E-state index contributed by atoms with van der Waals surface area (Å²) in [6, 6.07) is 32.2. The van der Waals surface area contributed by atoms with Crippen LogP contribution in [0.5, 0.6) is 11.5 Å². The number of hydrogen-bond acceptors (Lipinski definition) is 6. The van der Waals surface area contributed by atoms with Gasteiger partial charge >= 0.3 is 0 Å². The van der Waals surface area contributed by atoms with Crippen molar-refractivity contribution in [3.05, 3.63) is 147 Å². The molecular weight excluding hydrogens is 561 g/mol. The summed E-state index contributed by atoms with van der Waals surface area (Å²) in [5.41, 5.74) is 4.51. The Kier molecular flexibility index (Phi) is 10.2. The lowest BCUT2D eigenvalue weighted by Crippen LogP contribution is -2.30. The second kappa shape index (κ2) is 14.6. The van der Waals surface area contributed by atoms with Crippen LogP contribution in [-0.4, -0.2) is 30.0 Å². The molecule has 1 N–H and O–H groups in total. The highest BCUT2D eigenvalue weighted by Crippen LogP contribution is 2.27. The molecule has 1 atom stereocenters. The van der Waals surface area contributed by atoms with Crippen molar-refractivity contribution in [1.82, 2.24) is 15.2 Å². The lowest BCUT2D eigenvalue weighted by molar-refractivity contribution is 0.0931. The summed E-state index contributed by atoms with van der Waals surface area (Å²) in [6.45, 7) is 1.61. The van der Waals surface area contributed by atoms with Crippen LogP contribution in [0.3, 0.4) is 0 Å². The van der Waals surface area contributed by atoms with E-state index in [0.29, 0.717) is 43.2 Å². The SMILES string of the molecule is COc1ccc(CN(Cc2ccc(F)cc2)Cc2nc(C(=O)NC(Cc3ccccc3)c3ccccc3)cs2)c(OC)c1. The maximum absolute atomic E-state index is 13.6. The van der Waals surface area contributed by atoms with Crippen LogP contribution in [0.1, 0.15) is 43.8 Å². The van der Waals surface area contributed by atoms with Gasteiger partial charge < -0.3 is 14.8 Å². The van der Waals surface area contributed by atoms with Crippen LogP contribution in [0.4, 0.5) is 4.39 Å². The van der Waals surface area contributed by atoms with Crippen LogP contribution >= 0.6 is 11.3 Å². The van der Waals surface area contributed by atoms with Crippen LogP contribution in [0.25, 0.3) is 0 Å². The lowest BCUT2D eigenvalue weighted by atomic mass is 9.99. The lowest BCUT2D eigenvalue weighted by Gasteiger charge is -2.23. The molecule has 1 amide bonds. The summed E-state index contributed by atoms with van der Waals surface area (Å²) in [4.78, 5) is 20.4. The summed E-state index contributed by atoms with van der Waals surface area (Å²) in [5.74, 6) is 0.938. The molecule has 1 unspecified atom stereocenters. The fraction of sp³-hybridized carbons (Fsp3) is 0.200. The molecule has 43 heavy (non-hydrogen) atoms. The molecule has 0 spiro atoms. The Bertz CT molecular complexity index is 1610. The Hall–Kier alpha value is -4.53. The predicted octanol–water partition coefficient (Wildman–Crippen LogP) is 7.22. The van der Waals surface area contributed by atoms with Crippen LogP contribution in [0.2, 0.25) is 0 Å². The molecule has 0 fully saturated rings. The molecule has 1 heterocycles. The van der Waals surface area contributed by atoms with Gasteiger partial charge in [0, 0.05) is 30.1 Å². The van der Waals surface area contributed by atoms with E-state index in [1.807, 2.05) is 66.7 Å². The molecule has 0 bridgehead atoms. The zero-order chi connectivity index (χ0) is 30.0. The largest absolute Gasteiger partial charge is 0.497 e. The molecule has 220 valence electrons. The maximum atomic E-state index is 13.6. The van der Waals surface area contributed by atoms with E-state index in [-0.39, 0.29) is 17.8 Å². The number of nitrogens with one attached hydrogen (secondary N) is 1. The van der Waals surface area contributed by atoms with Crippen molar-refractivity contribution in [3.8, 4) is 11.5 Å². The van der Waals surface area contributed by atoms with Crippen LogP contribution in [0.15, 0.2) is 109 Å². The first-order valence-corrected chi connectivity index (χ1v) is 14.9. The van der Waals surface area contributed by atoms with Crippen molar-refractivity contribution in [2.24, 2.45) is 0 Å². The Balaban J connectivity index is 1.33. The fourth-order valence-electron chi connectivity index (χ4n) is 4.94. The number of carbonyl (C=O) groups excluding carboxylic acids is 1. The smallest absolute Gasteiger partial charge is 0.271 e. The number of hydrogen-bond donors (Lipinski definition) is 1. The van der Waals surface area contributed by atoms with E-state index in [4.69, 9.17) is 14.5 Å². The number of rotatable bonds is 13. The van der Waals surface area contributed by atoms with Gasteiger partial charge in [-0.25, -0.2) is 9.37 Å². The molecule has 0 saturated carbocycles. The minimum Gasteiger partial charge on any atom is -0.497 e. The number of thiazole rings is 1. The highest BCUT2D eigenvalue weighted by molar-refractivity contribution is 7.09. The van der Waals surface area contributed by atoms with Gasteiger partial charge in [-0.2, -0.15) is 0 Å². The first-order chi connectivity index (χ1) is 21.0. The Morgan fingerprint density at radius 2 is 1.58 bits per heavy atom. The second-order valence-electron chi connectivity index (χ2n) is 10.2. The highest BCUT2D eigenvalue weighted by atomic mass is 32.1. The van der Waals surface area contributed by atoms with Crippen LogP contribution in [-0.2, 0) is 26.1 Å². The topological polar surface area (TPSA) is 63.7 Å². The van der Waals surface area contributed by atoms with E-state index in [0.717, 1.165) is 27.3 Å². The molecule has 5 aromatic rings. The molecule has 0 aliphatic heterocycles.